The van der Waals surface area contributed by atoms with Crippen LogP contribution in [-0.4, -0.2) is 48.9 Å². The largest absolute Gasteiger partial charge is 2.00 e. The van der Waals surface area contributed by atoms with Crippen molar-refractivity contribution in [3.63, 3.8) is 0 Å². The van der Waals surface area contributed by atoms with Crippen LogP contribution < -0.4 is 10.2 Å². The molecule has 0 aromatic heterocycles. The molecule has 0 saturated carbocycles. The van der Waals surface area contributed by atoms with Gasteiger partial charge in [-0.05, 0) is 0 Å². The summed E-state index contributed by atoms with van der Waals surface area (Å²) in [6.07, 6.45) is 0. The minimum absolute atomic E-state index is 0. The quantitative estimate of drug-likeness (QED) is 0.377. The van der Waals surface area contributed by atoms with Gasteiger partial charge in [0.1, 0.15) is 9.67 Å². The van der Waals surface area contributed by atoms with Crippen LogP contribution in [0.2, 0.25) is 0 Å². The van der Waals surface area contributed by atoms with Crippen LogP contribution in [-0.2, 0) is 9.59 Å². The molecular weight excluding hydrogens is 461 g/mol. The Labute approximate surface area is 114 Å². The van der Waals surface area contributed by atoms with Gasteiger partial charge in [0.25, 0.3) is 0 Å². The summed E-state index contributed by atoms with van der Waals surface area (Å²) >= 11 is 18.9. The van der Waals surface area contributed by atoms with Crippen LogP contribution in [0.3, 0.4) is 0 Å². The molecule has 0 aromatic rings. The number of carbonyl (C=O) groups excluding carboxylic acids is 2. The number of alkyl halides is 4. The van der Waals surface area contributed by atoms with Gasteiger partial charge in [-0.3, -0.25) is 0 Å². The zero-order valence-corrected chi connectivity index (χ0v) is 12.7. The minimum Gasteiger partial charge on any atom is -0.547 e. The molecule has 0 rings (SSSR count). The van der Waals surface area contributed by atoms with Crippen molar-refractivity contribution in [3.05, 3.63) is 0 Å². The maximum absolute atomic E-state index is 9.32. The van der Waals surface area contributed by atoms with Gasteiger partial charge in [-0.2, -0.15) is 0 Å². The van der Waals surface area contributed by atoms with E-state index < -0.39 is 21.6 Å². The third-order valence-corrected chi connectivity index (χ3v) is 1.07. The summed E-state index contributed by atoms with van der Waals surface area (Å²) in [5, 5.41) is 18.6. The Kier molecular flexibility index (Phi) is 16.7. The van der Waals surface area contributed by atoms with E-state index in [4.69, 9.17) is 46.4 Å². The van der Waals surface area contributed by atoms with E-state index in [0.717, 1.165) is 0 Å². The van der Waals surface area contributed by atoms with E-state index in [1.165, 1.54) is 0 Å². The fourth-order valence-corrected chi connectivity index (χ4v) is 0. The Morgan fingerprint density at radius 2 is 0.923 bits per heavy atom. The summed E-state index contributed by atoms with van der Waals surface area (Å²) in [5.74, 6) is -2.92. The third-order valence-electron chi connectivity index (χ3n) is 0.356. The molecule has 0 bridgehead atoms. The number of hydrogen-bond acceptors (Lipinski definition) is 4. The predicted molar refractivity (Wildman–Crippen MR) is 46.8 cm³/mol. The molecule has 2 radical (unpaired) electrons. The molecule has 0 aliphatic rings. The summed E-state index contributed by atoms with van der Waals surface area (Å²) in [5.41, 5.74) is 0. The van der Waals surface area contributed by atoms with Gasteiger partial charge in [-0.1, -0.05) is 46.4 Å². The normalized spacial score (nSPS) is 8.46. The van der Waals surface area contributed by atoms with Crippen LogP contribution in [0.1, 0.15) is 0 Å². The SMILES string of the molecule is O=C([O-])C(Cl)Cl.O=C([O-])C(Cl)Cl.[Pb+2]. The van der Waals surface area contributed by atoms with Crippen LogP contribution in [0, 0.1) is 0 Å². The molecule has 0 atom stereocenters. The summed E-state index contributed by atoms with van der Waals surface area (Å²) in [4.78, 5) is 15.9. The van der Waals surface area contributed by atoms with Crippen LogP contribution in [0.4, 0.5) is 0 Å². The Balaban J connectivity index is -0.000000143. The van der Waals surface area contributed by atoms with Crippen molar-refractivity contribution in [2.24, 2.45) is 0 Å². The second-order valence-corrected chi connectivity index (χ2v) is 3.43. The van der Waals surface area contributed by atoms with Crippen molar-refractivity contribution < 1.29 is 19.8 Å². The average Bonchev–Trinajstić information content (AvgIpc) is 1.88. The van der Waals surface area contributed by atoms with E-state index in [1.54, 1.807) is 0 Å². The van der Waals surface area contributed by atoms with E-state index in [0.29, 0.717) is 0 Å². The Bertz CT molecular complexity index is 144. The minimum atomic E-state index is -1.46. The molecular formula is C4H2Cl4O4Pb. The second-order valence-electron chi connectivity index (χ2n) is 1.24. The fraction of sp³-hybridized carbons (Fsp3) is 0.500. The van der Waals surface area contributed by atoms with E-state index in [9.17, 15) is 19.8 Å². The molecule has 13 heavy (non-hydrogen) atoms. The second kappa shape index (κ2) is 11.1. The molecule has 4 nitrogen and oxygen atoms in total. The van der Waals surface area contributed by atoms with E-state index in [1.807, 2.05) is 0 Å². The van der Waals surface area contributed by atoms with Crippen LogP contribution in [0.25, 0.3) is 0 Å². The summed E-state index contributed by atoms with van der Waals surface area (Å²) in [6.45, 7) is 0. The van der Waals surface area contributed by atoms with Gasteiger partial charge in [0.05, 0.1) is 11.9 Å². The maximum atomic E-state index is 9.32. The average molecular weight is 463 g/mol. The van der Waals surface area contributed by atoms with E-state index in [-0.39, 0.29) is 27.3 Å². The van der Waals surface area contributed by atoms with Crippen molar-refractivity contribution in [1.82, 2.24) is 0 Å². The first-order valence-corrected chi connectivity index (χ1v) is 4.01. The Hall–Kier alpha value is 1.02. The first kappa shape index (κ1) is 19.6. The number of carbonyl (C=O) groups is 2. The molecule has 0 aromatic carbocycles. The van der Waals surface area contributed by atoms with Gasteiger partial charge in [0, 0.05) is 0 Å². The van der Waals surface area contributed by atoms with Gasteiger partial charge in [0.15, 0.2) is 0 Å². The smallest absolute Gasteiger partial charge is 0.547 e. The number of aliphatic carboxylic acids is 2. The first-order valence-electron chi connectivity index (χ1n) is 2.27. The molecule has 0 amide bonds. The monoisotopic (exact) mass is 462 g/mol. The molecule has 0 spiro atoms. The van der Waals surface area contributed by atoms with E-state index >= 15 is 0 Å². The van der Waals surface area contributed by atoms with Crippen LogP contribution >= 0.6 is 46.4 Å². The van der Waals surface area contributed by atoms with Crippen molar-refractivity contribution >= 4 is 85.6 Å². The fourth-order valence-electron chi connectivity index (χ4n) is 0. The van der Waals surface area contributed by atoms with E-state index in [2.05, 4.69) is 0 Å². The molecule has 0 aliphatic carbocycles. The summed E-state index contributed by atoms with van der Waals surface area (Å²) in [6, 6.07) is 0. The number of rotatable bonds is 2. The van der Waals surface area contributed by atoms with Gasteiger partial charge in [-0.25, -0.2) is 0 Å². The number of hydrogen-bond donors (Lipinski definition) is 0. The maximum Gasteiger partial charge on any atom is 2.00 e. The van der Waals surface area contributed by atoms with Crippen LogP contribution in [0.15, 0.2) is 0 Å². The van der Waals surface area contributed by atoms with Gasteiger partial charge < -0.3 is 19.8 Å². The molecule has 9 heteroatoms. The Morgan fingerprint density at radius 3 is 0.923 bits per heavy atom. The molecule has 0 heterocycles. The van der Waals surface area contributed by atoms with Crippen molar-refractivity contribution in [3.8, 4) is 0 Å². The number of carboxylic acid groups (broad SMARTS) is 2. The summed E-state index contributed by atoms with van der Waals surface area (Å²) < 4.78 is 0. The molecule has 0 fully saturated rings. The third kappa shape index (κ3) is 19.4. The van der Waals surface area contributed by atoms with Gasteiger partial charge >= 0.3 is 27.3 Å². The number of halogens is 4. The predicted octanol–water partition coefficient (Wildman–Crippen LogP) is -1.30. The zero-order valence-electron chi connectivity index (χ0n) is 5.80. The first-order chi connectivity index (χ1) is 5.29. The topological polar surface area (TPSA) is 80.3 Å². The molecule has 0 unspecified atom stereocenters. The Morgan fingerprint density at radius 1 is 0.846 bits per heavy atom. The number of carboxylic acids is 2. The van der Waals surface area contributed by atoms with Gasteiger partial charge in [0.2, 0.25) is 0 Å². The summed E-state index contributed by atoms with van der Waals surface area (Å²) in [7, 11) is 0. The molecule has 0 N–H and O–H groups in total. The van der Waals surface area contributed by atoms with Crippen molar-refractivity contribution in [1.29, 1.82) is 0 Å². The molecule has 74 valence electrons. The molecule has 0 saturated heterocycles. The van der Waals surface area contributed by atoms with Crippen molar-refractivity contribution in [2.75, 3.05) is 0 Å². The molecule has 0 aliphatic heterocycles. The van der Waals surface area contributed by atoms with Crippen LogP contribution in [0.5, 0.6) is 0 Å². The zero-order chi connectivity index (χ0) is 10.3. The standard InChI is InChI=1S/2C2H2Cl2O2.Pb/c2*3-1(4)2(5)6;/h2*1H,(H,5,6);/q;;+2/p-2. The van der Waals surface area contributed by atoms with Gasteiger partial charge in [-0.15, -0.1) is 0 Å². The van der Waals surface area contributed by atoms with Crippen molar-refractivity contribution in [2.45, 2.75) is 9.67 Å².